The molecule has 0 spiro atoms. The Bertz CT molecular complexity index is 462. The van der Waals surface area contributed by atoms with Gasteiger partial charge in [-0.15, -0.1) is 0 Å². The molecule has 0 radical (unpaired) electrons. The predicted octanol–water partition coefficient (Wildman–Crippen LogP) is 3.13. The largest absolute Gasteiger partial charge is 0.302 e. The zero-order chi connectivity index (χ0) is 13.2. The normalized spacial score (nSPS) is 26.6. The monoisotopic (exact) mass is 261 g/mol. The molecule has 1 aliphatic heterocycles. The standard InChI is InChI=1S/C16H20FNO/c17-15-7-2-1-6-14(15)16(19)8-9-18-10-12-4-3-5-13(12)11-18/h1-2,6-7,12-13H,3-5,8-11H2. The van der Waals surface area contributed by atoms with Crippen molar-refractivity contribution in [3.05, 3.63) is 35.6 Å². The highest BCUT2D eigenvalue weighted by Gasteiger charge is 2.35. The van der Waals surface area contributed by atoms with Crippen LogP contribution >= 0.6 is 0 Å². The summed E-state index contributed by atoms with van der Waals surface area (Å²) in [7, 11) is 0. The third-order valence-electron chi connectivity index (χ3n) is 4.63. The summed E-state index contributed by atoms with van der Waals surface area (Å²) < 4.78 is 13.5. The van der Waals surface area contributed by atoms with Gasteiger partial charge in [0.05, 0.1) is 5.56 Å². The zero-order valence-electron chi connectivity index (χ0n) is 11.1. The molecular weight excluding hydrogens is 241 g/mol. The third-order valence-corrected chi connectivity index (χ3v) is 4.63. The van der Waals surface area contributed by atoms with Crippen molar-refractivity contribution in [3.63, 3.8) is 0 Å². The SMILES string of the molecule is O=C(CCN1CC2CCCC2C1)c1ccccc1F. The van der Waals surface area contributed by atoms with Gasteiger partial charge in [-0.2, -0.15) is 0 Å². The minimum atomic E-state index is -0.397. The summed E-state index contributed by atoms with van der Waals surface area (Å²) in [6.45, 7) is 3.05. The molecule has 0 N–H and O–H groups in total. The van der Waals surface area contributed by atoms with Crippen molar-refractivity contribution < 1.29 is 9.18 Å². The first-order chi connectivity index (χ1) is 9.24. The van der Waals surface area contributed by atoms with Crippen LogP contribution in [0.3, 0.4) is 0 Å². The Morgan fingerprint density at radius 1 is 1.21 bits per heavy atom. The topological polar surface area (TPSA) is 20.3 Å². The van der Waals surface area contributed by atoms with E-state index in [1.54, 1.807) is 18.2 Å². The molecule has 19 heavy (non-hydrogen) atoms. The number of nitrogens with zero attached hydrogens (tertiary/aromatic N) is 1. The average molecular weight is 261 g/mol. The van der Waals surface area contributed by atoms with E-state index in [4.69, 9.17) is 0 Å². The summed E-state index contributed by atoms with van der Waals surface area (Å²) >= 11 is 0. The molecule has 1 aromatic carbocycles. The molecule has 2 fully saturated rings. The van der Waals surface area contributed by atoms with Crippen molar-refractivity contribution >= 4 is 5.78 Å². The van der Waals surface area contributed by atoms with Crippen molar-refractivity contribution in [3.8, 4) is 0 Å². The average Bonchev–Trinajstić information content (AvgIpc) is 2.97. The van der Waals surface area contributed by atoms with Crippen molar-refractivity contribution in [2.75, 3.05) is 19.6 Å². The first-order valence-corrected chi connectivity index (χ1v) is 7.24. The van der Waals surface area contributed by atoms with E-state index < -0.39 is 5.82 Å². The van der Waals surface area contributed by atoms with Gasteiger partial charge < -0.3 is 4.90 Å². The molecule has 1 aromatic rings. The molecule has 2 atom stereocenters. The van der Waals surface area contributed by atoms with Gasteiger partial charge in [0, 0.05) is 26.1 Å². The highest BCUT2D eigenvalue weighted by molar-refractivity contribution is 5.96. The van der Waals surface area contributed by atoms with Crippen LogP contribution in [0.2, 0.25) is 0 Å². The number of carbonyl (C=O) groups is 1. The summed E-state index contributed by atoms with van der Waals surface area (Å²) in [4.78, 5) is 14.4. The molecule has 2 nitrogen and oxygen atoms in total. The molecule has 3 rings (SSSR count). The van der Waals surface area contributed by atoms with Crippen molar-refractivity contribution in [2.24, 2.45) is 11.8 Å². The molecule has 3 heteroatoms. The number of rotatable bonds is 4. The Hall–Kier alpha value is -1.22. The van der Waals surface area contributed by atoms with E-state index in [9.17, 15) is 9.18 Å². The molecule has 0 aromatic heterocycles. The number of Topliss-reactive ketones (excluding diaryl/α,β-unsaturated/α-hetero) is 1. The lowest BCUT2D eigenvalue weighted by molar-refractivity contribution is 0.0963. The Labute approximate surface area is 113 Å². The van der Waals surface area contributed by atoms with Gasteiger partial charge in [-0.3, -0.25) is 4.79 Å². The van der Waals surface area contributed by atoms with Gasteiger partial charge in [-0.25, -0.2) is 4.39 Å². The Balaban J connectivity index is 1.53. The van der Waals surface area contributed by atoms with E-state index >= 15 is 0 Å². The van der Waals surface area contributed by atoms with E-state index in [0.29, 0.717) is 6.42 Å². The number of hydrogen-bond donors (Lipinski definition) is 0. The smallest absolute Gasteiger partial charge is 0.167 e. The van der Waals surface area contributed by atoms with E-state index in [-0.39, 0.29) is 11.3 Å². The molecule has 2 unspecified atom stereocenters. The molecule has 1 aliphatic carbocycles. The van der Waals surface area contributed by atoms with Gasteiger partial charge in [0.2, 0.25) is 0 Å². The minimum Gasteiger partial charge on any atom is -0.302 e. The lowest BCUT2D eigenvalue weighted by Gasteiger charge is -2.16. The molecule has 102 valence electrons. The maximum Gasteiger partial charge on any atom is 0.167 e. The lowest BCUT2D eigenvalue weighted by Crippen LogP contribution is -2.25. The van der Waals surface area contributed by atoms with Gasteiger partial charge >= 0.3 is 0 Å². The van der Waals surface area contributed by atoms with Gasteiger partial charge in [0.25, 0.3) is 0 Å². The first kappa shape index (κ1) is 12.8. The molecule has 1 saturated heterocycles. The minimum absolute atomic E-state index is 0.0739. The molecule has 2 aliphatic rings. The number of halogens is 1. The van der Waals surface area contributed by atoms with Crippen LogP contribution in [0.15, 0.2) is 24.3 Å². The van der Waals surface area contributed by atoms with E-state index in [0.717, 1.165) is 31.5 Å². The van der Waals surface area contributed by atoms with Gasteiger partial charge in [-0.05, 0) is 36.8 Å². The van der Waals surface area contributed by atoms with E-state index in [1.807, 2.05) is 0 Å². The van der Waals surface area contributed by atoms with Crippen LogP contribution in [-0.2, 0) is 0 Å². The van der Waals surface area contributed by atoms with Crippen LogP contribution in [-0.4, -0.2) is 30.3 Å². The van der Waals surface area contributed by atoms with Crippen molar-refractivity contribution in [1.82, 2.24) is 4.90 Å². The molecule has 1 heterocycles. The van der Waals surface area contributed by atoms with Gasteiger partial charge in [0.1, 0.15) is 5.82 Å². The number of benzene rings is 1. The highest BCUT2D eigenvalue weighted by atomic mass is 19.1. The number of carbonyl (C=O) groups excluding carboxylic acids is 1. The predicted molar refractivity (Wildman–Crippen MR) is 72.6 cm³/mol. The molecule has 1 saturated carbocycles. The summed E-state index contributed by atoms with van der Waals surface area (Å²) in [5, 5.41) is 0. The number of likely N-dealkylation sites (tertiary alicyclic amines) is 1. The Morgan fingerprint density at radius 3 is 2.58 bits per heavy atom. The van der Waals surface area contributed by atoms with Gasteiger partial charge in [-0.1, -0.05) is 18.6 Å². The van der Waals surface area contributed by atoms with Crippen LogP contribution in [0.1, 0.15) is 36.0 Å². The maximum absolute atomic E-state index is 13.5. The fourth-order valence-corrected chi connectivity index (χ4v) is 3.60. The molecular formula is C16H20FNO. The maximum atomic E-state index is 13.5. The van der Waals surface area contributed by atoms with Crippen LogP contribution in [0.25, 0.3) is 0 Å². The third kappa shape index (κ3) is 2.71. The second-order valence-electron chi connectivity index (χ2n) is 5.86. The van der Waals surface area contributed by atoms with E-state index in [1.165, 1.54) is 25.3 Å². The van der Waals surface area contributed by atoms with Crippen LogP contribution in [0.5, 0.6) is 0 Å². The quantitative estimate of drug-likeness (QED) is 0.776. The highest BCUT2D eigenvalue weighted by Crippen LogP contribution is 2.37. The Kier molecular flexibility index (Phi) is 3.65. The van der Waals surface area contributed by atoms with Gasteiger partial charge in [0.15, 0.2) is 5.78 Å². The second-order valence-corrected chi connectivity index (χ2v) is 5.86. The lowest BCUT2D eigenvalue weighted by atomic mass is 10.0. The van der Waals surface area contributed by atoms with Crippen LogP contribution in [0.4, 0.5) is 4.39 Å². The number of hydrogen-bond acceptors (Lipinski definition) is 2. The summed E-state index contributed by atoms with van der Waals surface area (Å²) in [6.07, 6.45) is 4.50. The first-order valence-electron chi connectivity index (χ1n) is 7.24. The zero-order valence-corrected chi connectivity index (χ0v) is 11.1. The second kappa shape index (κ2) is 5.41. The summed E-state index contributed by atoms with van der Waals surface area (Å²) in [6, 6.07) is 6.27. The van der Waals surface area contributed by atoms with E-state index in [2.05, 4.69) is 4.90 Å². The summed E-state index contributed by atoms with van der Waals surface area (Å²) in [5.41, 5.74) is 0.238. The fraction of sp³-hybridized carbons (Fsp3) is 0.562. The Morgan fingerprint density at radius 2 is 1.89 bits per heavy atom. The molecule has 0 bridgehead atoms. The van der Waals surface area contributed by atoms with Crippen molar-refractivity contribution in [2.45, 2.75) is 25.7 Å². The number of ketones is 1. The number of fused-ring (bicyclic) bond motifs is 1. The van der Waals surface area contributed by atoms with Crippen LogP contribution < -0.4 is 0 Å². The van der Waals surface area contributed by atoms with Crippen LogP contribution in [0, 0.1) is 17.7 Å². The molecule has 0 amide bonds. The summed E-state index contributed by atoms with van der Waals surface area (Å²) in [5.74, 6) is 1.23. The van der Waals surface area contributed by atoms with Crippen molar-refractivity contribution in [1.29, 1.82) is 0 Å². The fourth-order valence-electron chi connectivity index (χ4n) is 3.60.